The van der Waals surface area contributed by atoms with Crippen LogP contribution in [0.4, 0.5) is 0 Å². The van der Waals surface area contributed by atoms with Crippen molar-refractivity contribution in [1.29, 1.82) is 0 Å². The minimum Gasteiger partial charge on any atom is -0.496 e. The van der Waals surface area contributed by atoms with Crippen LogP contribution in [0.25, 0.3) is 0 Å². The molecule has 0 aromatic heterocycles. The third-order valence-electron chi connectivity index (χ3n) is 2.68. The molecule has 1 aromatic carbocycles. The SMILES string of the molecule is CCOP(=O)(OCC)[C@@H](C)c1ccccc1OC. The molecule has 0 spiro atoms. The summed E-state index contributed by atoms with van der Waals surface area (Å²) in [5.74, 6) is 0.699. The van der Waals surface area contributed by atoms with E-state index in [1.807, 2.05) is 31.2 Å². The predicted molar refractivity (Wildman–Crippen MR) is 72.3 cm³/mol. The summed E-state index contributed by atoms with van der Waals surface area (Å²) in [6, 6.07) is 7.49. The van der Waals surface area contributed by atoms with Crippen LogP contribution in [0, 0.1) is 0 Å². The predicted octanol–water partition coefficient (Wildman–Crippen LogP) is 4.02. The van der Waals surface area contributed by atoms with Crippen molar-refractivity contribution < 1.29 is 18.3 Å². The van der Waals surface area contributed by atoms with Crippen molar-refractivity contribution in [3.05, 3.63) is 29.8 Å². The van der Waals surface area contributed by atoms with Gasteiger partial charge in [0.1, 0.15) is 5.75 Å². The molecule has 0 N–H and O–H groups in total. The van der Waals surface area contributed by atoms with Crippen molar-refractivity contribution in [2.24, 2.45) is 0 Å². The first-order chi connectivity index (χ1) is 8.59. The van der Waals surface area contributed by atoms with Crippen molar-refractivity contribution in [3.63, 3.8) is 0 Å². The summed E-state index contributed by atoms with van der Waals surface area (Å²) in [7, 11) is -1.56. The van der Waals surface area contributed by atoms with Crippen LogP contribution >= 0.6 is 7.60 Å². The molecule has 0 radical (unpaired) electrons. The van der Waals surface area contributed by atoms with E-state index in [1.54, 1.807) is 21.0 Å². The van der Waals surface area contributed by atoms with Crippen molar-refractivity contribution in [2.45, 2.75) is 26.4 Å². The lowest BCUT2D eigenvalue weighted by atomic mass is 10.1. The van der Waals surface area contributed by atoms with Crippen molar-refractivity contribution in [3.8, 4) is 5.75 Å². The molecule has 0 amide bonds. The van der Waals surface area contributed by atoms with E-state index in [-0.39, 0.29) is 5.66 Å². The molecule has 0 fully saturated rings. The maximum Gasteiger partial charge on any atom is 0.337 e. The number of hydrogen-bond acceptors (Lipinski definition) is 4. The summed E-state index contributed by atoms with van der Waals surface area (Å²) in [5.41, 5.74) is 0.485. The Morgan fingerprint density at radius 2 is 1.72 bits per heavy atom. The summed E-state index contributed by atoms with van der Waals surface area (Å²) >= 11 is 0. The highest BCUT2D eigenvalue weighted by molar-refractivity contribution is 7.54. The number of rotatable bonds is 7. The van der Waals surface area contributed by atoms with Gasteiger partial charge in [0.25, 0.3) is 0 Å². The van der Waals surface area contributed by atoms with Gasteiger partial charge in [-0.25, -0.2) is 0 Å². The van der Waals surface area contributed by atoms with Gasteiger partial charge in [-0.1, -0.05) is 18.2 Å². The average Bonchev–Trinajstić information content (AvgIpc) is 2.38. The fourth-order valence-electron chi connectivity index (χ4n) is 1.80. The van der Waals surface area contributed by atoms with E-state index in [9.17, 15) is 4.57 Å². The zero-order valence-electron chi connectivity index (χ0n) is 11.4. The molecule has 0 saturated carbocycles. The summed E-state index contributed by atoms with van der Waals surface area (Å²) < 4.78 is 28.7. The van der Waals surface area contributed by atoms with Crippen LogP contribution in [0.5, 0.6) is 5.75 Å². The first-order valence-corrected chi connectivity index (χ1v) is 7.72. The second kappa shape index (κ2) is 6.93. The van der Waals surface area contributed by atoms with Gasteiger partial charge in [-0.3, -0.25) is 4.57 Å². The summed E-state index contributed by atoms with van der Waals surface area (Å²) in [5, 5.41) is 0. The van der Waals surface area contributed by atoms with Crippen molar-refractivity contribution >= 4 is 7.60 Å². The van der Waals surface area contributed by atoms with Gasteiger partial charge in [0.05, 0.1) is 26.0 Å². The van der Waals surface area contributed by atoms with E-state index >= 15 is 0 Å². The van der Waals surface area contributed by atoms with Crippen LogP contribution in [0.2, 0.25) is 0 Å². The first kappa shape index (κ1) is 15.2. The Balaban J connectivity index is 3.09. The van der Waals surface area contributed by atoms with E-state index in [4.69, 9.17) is 13.8 Å². The average molecular weight is 272 g/mol. The first-order valence-electron chi connectivity index (χ1n) is 6.10. The van der Waals surface area contributed by atoms with Gasteiger partial charge < -0.3 is 13.8 Å². The van der Waals surface area contributed by atoms with Gasteiger partial charge in [-0.15, -0.1) is 0 Å². The maximum atomic E-state index is 12.7. The molecule has 4 nitrogen and oxygen atoms in total. The number of para-hydroxylation sites is 1. The molecule has 1 atom stereocenters. The van der Waals surface area contributed by atoms with Gasteiger partial charge in [0.2, 0.25) is 0 Å². The topological polar surface area (TPSA) is 44.8 Å². The van der Waals surface area contributed by atoms with Crippen LogP contribution in [-0.2, 0) is 13.6 Å². The lowest BCUT2D eigenvalue weighted by molar-refractivity contribution is 0.213. The number of ether oxygens (including phenoxy) is 1. The van der Waals surface area contributed by atoms with Crippen LogP contribution < -0.4 is 4.74 Å². The molecule has 102 valence electrons. The number of hydrogen-bond donors (Lipinski definition) is 0. The zero-order chi connectivity index (χ0) is 13.6. The summed E-state index contributed by atoms with van der Waals surface area (Å²) in [6.45, 7) is 6.17. The van der Waals surface area contributed by atoms with Gasteiger partial charge in [-0.2, -0.15) is 0 Å². The highest BCUT2D eigenvalue weighted by atomic mass is 31.2. The quantitative estimate of drug-likeness (QED) is 0.703. The Hall–Kier alpha value is -0.830. The van der Waals surface area contributed by atoms with E-state index < -0.39 is 7.60 Å². The third-order valence-corrected chi connectivity index (χ3v) is 5.14. The van der Waals surface area contributed by atoms with E-state index in [0.717, 1.165) is 5.56 Å². The Morgan fingerprint density at radius 3 is 2.22 bits per heavy atom. The smallest absolute Gasteiger partial charge is 0.337 e. The van der Waals surface area contributed by atoms with Gasteiger partial charge in [0, 0.05) is 5.56 Å². The zero-order valence-corrected chi connectivity index (χ0v) is 12.3. The maximum absolute atomic E-state index is 12.7. The van der Waals surface area contributed by atoms with Gasteiger partial charge >= 0.3 is 7.60 Å². The molecule has 0 heterocycles. The minimum absolute atomic E-state index is 0.353. The van der Waals surface area contributed by atoms with E-state index in [1.165, 1.54) is 0 Å². The normalized spacial score (nSPS) is 13.3. The Bertz CT molecular complexity index is 409. The third kappa shape index (κ3) is 3.35. The van der Waals surface area contributed by atoms with Crippen molar-refractivity contribution in [1.82, 2.24) is 0 Å². The van der Waals surface area contributed by atoms with E-state index in [0.29, 0.717) is 19.0 Å². The fourth-order valence-corrected chi connectivity index (χ4v) is 3.60. The Labute approximate surface area is 109 Å². The molecule has 0 bridgehead atoms. The van der Waals surface area contributed by atoms with E-state index in [2.05, 4.69) is 0 Å². The minimum atomic E-state index is -3.15. The van der Waals surface area contributed by atoms with Crippen molar-refractivity contribution in [2.75, 3.05) is 20.3 Å². The molecule has 0 aliphatic heterocycles. The highest BCUT2D eigenvalue weighted by Crippen LogP contribution is 2.61. The van der Waals surface area contributed by atoms with Gasteiger partial charge in [-0.05, 0) is 26.8 Å². The molecule has 0 saturated heterocycles. The largest absolute Gasteiger partial charge is 0.496 e. The van der Waals surface area contributed by atoms with Gasteiger partial charge in [0.15, 0.2) is 0 Å². The van der Waals surface area contributed by atoms with Crippen LogP contribution in [0.15, 0.2) is 24.3 Å². The monoisotopic (exact) mass is 272 g/mol. The molecular formula is C13H21O4P. The molecule has 18 heavy (non-hydrogen) atoms. The van der Waals surface area contributed by atoms with Crippen LogP contribution in [0.3, 0.4) is 0 Å². The lowest BCUT2D eigenvalue weighted by Gasteiger charge is -2.24. The second-order valence-corrected chi connectivity index (χ2v) is 6.16. The number of methoxy groups -OCH3 is 1. The molecule has 0 aliphatic rings. The Kier molecular flexibility index (Phi) is 5.86. The molecule has 1 aromatic rings. The molecule has 0 aliphatic carbocycles. The Morgan fingerprint density at radius 1 is 1.17 bits per heavy atom. The van der Waals surface area contributed by atoms with Crippen LogP contribution in [0.1, 0.15) is 32.0 Å². The highest BCUT2D eigenvalue weighted by Gasteiger charge is 2.34. The summed E-state index contributed by atoms with van der Waals surface area (Å²) in [4.78, 5) is 0. The number of benzene rings is 1. The summed E-state index contributed by atoms with van der Waals surface area (Å²) in [6.07, 6.45) is 0. The lowest BCUT2D eigenvalue weighted by Crippen LogP contribution is -2.05. The van der Waals surface area contributed by atoms with Crippen LogP contribution in [-0.4, -0.2) is 20.3 Å². The molecular weight excluding hydrogens is 251 g/mol. The molecule has 1 rings (SSSR count). The fraction of sp³-hybridized carbons (Fsp3) is 0.538. The second-order valence-electron chi connectivity index (χ2n) is 3.79. The molecule has 5 heteroatoms. The molecule has 0 unspecified atom stereocenters. The standard InChI is InChI=1S/C13H21O4P/c1-5-16-18(14,17-6-2)11(3)12-9-7-8-10-13(12)15-4/h7-11H,5-6H2,1-4H3/t11-/m0/s1.